The maximum Gasteiger partial charge on any atom is 0.279 e. The molecule has 30 heavy (non-hydrogen) atoms. The van der Waals surface area contributed by atoms with E-state index in [1.807, 2.05) is 32.9 Å². The van der Waals surface area contributed by atoms with Gasteiger partial charge in [-0.15, -0.1) is 0 Å². The minimum absolute atomic E-state index is 0.0276. The van der Waals surface area contributed by atoms with Crippen molar-refractivity contribution in [3.05, 3.63) is 59.2 Å². The quantitative estimate of drug-likeness (QED) is 0.487. The normalized spacial score (nSPS) is 11.3. The van der Waals surface area contributed by atoms with Gasteiger partial charge in [0, 0.05) is 18.4 Å². The van der Waals surface area contributed by atoms with Crippen LogP contribution >= 0.6 is 0 Å². The highest BCUT2D eigenvalue weighted by Gasteiger charge is 2.16. The van der Waals surface area contributed by atoms with Crippen molar-refractivity contribution in [1.82, 2.24) is 10.9 Å². The van der Waals surface area contributed by atoms with Crippen molar-refractivity contribution >= 4 is 17.6 Å². The SMILES string of the molecule is CCOc1ccc(O[C@H](C)C(=O)NNC(=O)CCC(=O)c2ccc(C)c(C)c2)cc1. The van der Waals surface area contributed by atoms with Crippen LogP contribution in [0, 0.1) is 13.8 Å². The van der Waals surface area contributed by atoms with Gasteiger partial charge in [-0.3, -0.25) is 25.2 Å². The molecule has 0 aromatic heterocycles. The molecule has 2 aromatic rings. The van der Waals surface area contributed by atoms with Crippen molar-refractivity contribution in [2.24, 2.45) is 0 Å². The van der Waals surface area contributed by atoms with Crippen LogP contribution in [0.3, 0.4) is 0 Å². The Bertz CT molecular complexity index is 893. The number of hydrazine groups is 1. The summed E-state index contributed by atoms with van der Waals surface area (Å²) in [4.78, 5) is 36.3. The Hall–Kier alpha value is -3.35. The molecule has 0 spiro atoms. The van der Waals surface area contributed by atoms with Crippen LogP contribution in [-0.2, 0) is 9.59 Å². The van der Waals surface area contributed by atoms with Gasteiger partial charge in [0.05, 0.1) is 6.61 Å². The van der Waals surface area contributed by atoms with Crippen molar-refractivity contribution in [3.63, 3.8) is 0 Å². The van der Waals surface area contributed by atoms with Gasteiger partial charge in [0.2, 0.25) is 5.91 Å². The molecular weight excluding hydrogens is 384 g/mol. The average molecular weight is 412 g/mol. The van der Waals surface area contributed by atoms with Crippen LogP contribution < -0.4 is 20.3 Å². The molecule has 0 unspecified atom stereocenters. The maximum atomic E-state index is 12.2. The zero-order valence-electron chi connectivity index (χ0n) is 17.8. The molecular formula is C23H28N2O5. The maximum absolute atomic E-state index is 12.2. The Morgan fingerprint density at radius 3 is 2.20 bits per heavy atom. The van der Waals surface area contributed by atoms with E-state index < -0.39 is 17.9 Å². The second-order valence-corrected chi connectivity index (χ2v) is 6.92. The van der Waals surface area contributed by atoms with E-state index >= 15 is 0 Å². The minimum atomic E-state index is -0.819. The van der Waals surface area contributed by atoms with Crippen LogP contribution in [-0.4, -0.2) is 30.3 Å². The third kappa shape index (κ3) is 6.92. The van der Waals surface area contributed by atoms with Gasteiger partial charge in [0.15, 0.2) is 11.9 Å². The van der Waals surface area contributed by atoms with Gasteiger partial charge in [0.25, 0.3) is 5.91 Å². The summed E-state index contributed by atoms with van der Waals surface area (Å²) < 4.78 is 10.9. The number of hydrogen-bond donors (Lipinski definition) is 2. The molecule has 1 atom stereocenters. The standard InChI is InChI=1S/C23H28N2O5/c1-5-29-19-8-10-20(11-9-19)30-17(4)23(28)25-24-22(27)13-12-21(26)18-7-6-15(2)16(3)14-18/h6-11,14,17H,5,12-13H2,1-4H3,(H,24,27)(H,25,28)/t17-/m1/s1. The lowest BCUT2D eigenvalue weighted by Gasteiger charge is -2.15. The number of aryl methyl sites for hydroxylation is 2. The predicted molar refractivity (Wildman–Crippen MR) is 113 cm³/mol. The second kappa shape index (κ2) is 11.0. The summed E-state index contributed by atoms with van der Waals surface area (Å²) in [6.45, 7) is 7.94. The molecule has 0 radical (unpaired) electrons. The topological polar surface area (TPSA) is 93.7 Å². The number of benzene rings is 2. The van der Waals surface area contributed by atoms with Crippen molar-refractivity contribution in [2.45, 2.75) is 46.6 Å². The fourth-order valence-corrected chi connectivity index (χ4v) is 2.62. The number of ether oxygens (including phenoxy) is 2. The molecule has 0 saturated carbocycles. The molecule has 2 aromatic carbocycles. The van der Waals surface area contributed by atoms with Gasteiger partial charge in [-0.1, -0.05) is 12.1 Å². The second-order valence-electron chi connectivity index (χ2n) is 6.92. The van der Waals surface area contributed by atoms with E-state index in [0.29, 0.717) is 23.7 Å². The first-order chi connectivity index (χ1) is 14.3. The molecule has 0 aliphatic rings. The zero-order valence-corrected chi connectivity index (χ0v) is 17.8. The molecule has 2 N–H and O–H groups in total. The van der Waals surface area contributed by atoms with Crippen LogP contribution in [0.15, 0.2) is 42.5 Å². The fraction of sp³-hybridized carbons (Fsp3) is 0.348. The number of nitrogens with one attached hydrogen (secondary N) is 2. The summed E-state index contributed by atoms with van der Waals surface area (Å²) in [6.07, 6.45) is -0.789. The molecule has 0 heterocycles. The Labute approximate surface area is 176 Å². The van der Waals surface area contributed by atoms with Crippen LogP contribution in [0.4, 0.5) is 0 Å². The first-order valence-electron chi connectivity index (χ1n) is 9.88. The number of carbonyl (C=O) groups excluding carboxylic acids is 3. The van der Waals surface area contributed by atoms with Crippen molar-refractivity contribution < 1.29 is 23.9 Å². The number of hydrogen-bond acceptors (Lipinski definition) is 5. The Morgan fingerprint density at radius 1 is 0.900 bits per heavy atom. The van der Waals surface area contributed by atoms with Gasteiger partial charge >= 0.3 is 0 Å². The lowest BCUT2D eigenvalue weighted by Crippen LogP contribution is -2.47. The van der Waals surface area contributed by atoms with E-state index in [-0.39, 0.29) is 18.6 Å². The summed E-state index contributed by atoms with van der Waals surface area (Å²) in [5.41, 5.74) is 7.33. The van der Waals surface area contributed by atoms with E-state index in [9.17, 15) is 14.4 Å². The molecule has 0 aliphatic carbocycles. The highest BCUT2D eigenvalue weighted by atomic mass is 16.5. The van der Waals surface area contributed by atoms with E-state index in [2.05, 4.69) is 10.9 Å². The van der Waals surface area contributed by atoms with Crippen LogP contribution in [0.2, 0.25) is 0 Å². The minimum Gasteiger partial charge on any atom is -0.494 e. The molecule has 2 rings (SSSR count). The van der Waals surface area contributed by atoms with Gasteiger partial charge < -0.3 is 9.47 Å². The highest BCUT2D eigenvalue weighted by Crippen LogP contribution is 2.18. The molecule has 160 valence electrons. The Morgan fingerprint density at radius 2 is 1.57 bits per heavy atom. The molecule has 0 bridgehead atoms. The van der Waals surface area contributed by atoms with Crippen LogP contribution in [0.5, 0.6) is 11.5 Å². The van der Waals surface area contributed by atoms with E-state index in [1.165, 1.54) is 0 Å². The average Bonchev–Trinajstić information content (AvgIpc) is 2.73. The number of carbonyl (C=O) groups is 3. The lowest BCUT2D eigenvalue weighted by atomic mass is 10.0. The summed E-state index contributed by atoms with van der Waals surface area (Å²) in [6, 6.07) is 12.4. The zero-order chi connectivity index (χ0) is 22.1. The third-order valence-electron chi connectivity index (χ3n) is 4.55. The molecule has 2 amide bonds. The van der Waals surface area contributed by atoms with Gasteiger partial charge in [-0.25, -0.2) is 0 Å². The van der Waals surface area contributed by atoms with E-state index in [0.717, 1.165) is 11.1 Å². The number of amides is 2. The van der Waals surface area contributed by atoms with Crippen molar-refractivity contribution in [1.29, 1.82) is 0 Å². The first-order valence-corrected chi connectivity index (χ1v) is 9.88. The summed E-state index contributed by atoms with van der Waals surface area (Å²) >= 11 is 0. The van der Waals surface area contributed by atoms with Crippen molar-refractivity contribution in [3.8, 4) is 11.5 Å². The van der Waals surface area contributed by atoms with E-state index in [4.69, 9.17) is 9.47 Å². The Kier molecular flexibility index (Phi) is 8.41. The highest BCUT2D eigenvalue weighted by molar-refractivity contribution is 5.98. The number of Topliss-reactive ketones (excluding diaryl/α,β-unsaturated/α-hetero) is 1. The predicted octanol–water partition coefficient (Wildman–Crippen LogP) is 3.28. The van der Waals surface area contributed by atoms with Gasteiger partial charge in [0.1, 0.15) is 11.5 Å². The number of ketones is 1. The fourth-order valence-electron chi connectivity index (χ4n) is 2.62. The lowest BCUT2D eigenvalue weighted by molar-refractivity contribution is -0.132. The first kappa shape index (κ1) is 22.9. The largest absolute Gasteiger partial charge is 0.494 e. The van der Waals surface area contributed by atoms with E-state index in [1.54, 1.807) is 37.3 Å². The van der Waals surface area contributed by atoms with Crippen LogP contribution in [0.1, 0.15) is 48.2 Å². The monoisotopic (exact) mass is 412 g/mol. The Balaban J connectivity index is 1.74. The third-order valence-corrected chi connectivity index (χ3v) is 4.55. The summed E-state index contributed by atoms with van der Waals surface area (Å²) in [5, 5.41) is 0. The number of rotatable bonds is 9. The molecule has 0 fully saturated rings. The summed E-state index contributed by atoms with van der Waals surface area (Å²) in [7, 11) is 0. The van der Waals surface area contributed by atoms with Crippen LogP contribution in [0.25, 0.3) is 0 Å². The molecule has 7 nitrogen and oxygen atoms in total. The van der Waals surface area contributed by atoms with Crippen molar-refractivity contribution in [2.75, 3.05) is 6.61 Å². The van der Waals surface area contributed by atoms with Gasteiger partial charge in [-0.2, -0.15) is 0 Å². The molecule has 7 heteroatoms. The smallest absolute Gasteiger partial charge is 0.279 e. The summed E-state index contributed by atoms with van der Waals surface area (Å²) in [5.74, 6) is 0.147. The molecule has 0 aliphatic heterocycles. The molecule has 0 saturated heterocycles. The van der Waals surface area contributed by atoms with Gasteiger partial charge in [-0.05, 0) is 69.2 Å².